The van der Waals surface area contributed by atoms with Gasteiger partial charge in [-0.2, -0.15) is 0 Å². The van der Waals surface area contributed by atoms with E-state index in [4.69, 9.17) is 9.47 Å². The largest absolute Gasteiger partial charge is 0.486 e. The van der Waals surface area contributed by atoms with E-state index in [2.05, 4.69) is 22.3 Å². The molecule has 0 unspecified atom stereocenters. The number of fused-ring (bicyclic) bond motifs is 1. The Labute approximate surface area is 195 Å². The maximum Gasteiger partial charge on any atom is 0.232 e. The predicted molar refractivity (Wildman–Crippen MR) is 129 cm³/mol. The Bertz CT molecular complexity index is 1070. The van der Waals surface area contributed by atoms with E-state index in [0.717, 1.165) is 24.9 Å². The summed E-state index contributed by atoms with van der Waals surface area (Å²) in [6, 6.07) is 13.4. The van der Waals surface area contributed by atoms with E-state index in [0.29, 0.717) is 43.4 Å². The van der Waals surface area contributed by atoms with E-state index in [1.54, 1.807) is 18.2 Å². The van der Waals surface area contributed by atoms with Crippen LogP contribution >= 0.6 is 0 Å². The Kier molecular flexibility index (Phi) is 7.27. The second-order valence-electron chi connectivity index (χ2n) is 8.40. The zero-order valence-electron chi connectivity index (χ0n) is 19.0. The van der Waals surface area contributed by atoms with Gasteiger partial charge in [0.05, 0.1) is 11.9 Å². The molecule has 0 spiro atoms. The number of carbonyl (C=O) groups is 1. The molecule has 2 aromatic rings. The van der Waals surface area contributed by atoms with Crippen LogP contribution in [0.4, 0.5) is 11.4 Å². The highest BCUT2D eigenvalue weighted by atomic mass is 32.2. The molecule has 9 heteroatoms. The van der Waals surface area contributed by atoms with Crippen LogP contribution in [-0.2, 0) is 21.4 Å². The number of rotatable bonds is 9. The zero-order valence-corrected chi connectivity index (χ0v) is 19.8. The molecule has 0 atom stereocenters. The highest BCUT2D eigenvalue weighted by Gasteiger charge is 2.21. The van der Waals surface area contributed by atoms with Gasteiger partial charge < -0.3 is 19.7 Å². The van der Waals surface area contributed by atoms with Gasteiger partial charge >= 0.3 is 0 Å². The van der Waals surface area contributed by atoms with Crippen LogP contribution in [0, 0.1) is 0 Å². The lowest BCUT2D eigenvalue weighted by Crippen LogP contribution is -2.32. The molecule has 1 saturated heterocycles. The molecule has 2 aliphatic heterocycles. The van der Waals surface area contributed by atoms with Crippen LogP contribution in [0.1, 0.15) is 31.2 Å². The molecule has 1 amide bonds. The van der Waals surface area contributed by atoms with Crippen molar-refractivity contribution in [2.24, 2.45) is 0 Å². The SMILES string of the molecule is CS(=O)(=O)N(CCCC(=O)NCc1ccc(N2CCCC2)cc1)c1ccc2c(c1)OCCO2. The molecule has 2 aromatic carbocycles. The van der Waals surface area contributed by atoms with E-state index in [1.807, 2.05) is 12.1 Å². The van der Waals surface area contributed by atoms with E-state index in [-0.39, 0.29) is 18.9 Å². The number of nitrogens with one attached hydrogen (secondary N) is 1. The van der Waals surface area contributed by atoms with Crippen molar-refractivity contribution in [1.82, 2.24) is 5.32 Å². The molecule has 1 fully saturated rings. The summed E-state index contributed by atoms with van der Waals surface area (Å²) in [6.45, 7) is 3.77. The number of carbonyl (C=O) groups excluding carboxylic acids is 1. The third-order valence-electron chi connectivity index (χ3n) is 5.88. The predicted octanol–water partition coefficient (Wildman–Crippen LogP) is 2.92. The minimum Gasteiger partial charge on any atom is -0.486 e. The minimum absolute atomic E-state index is 0.103. The van der Waals surface area contributed by atoms with Crippen molar-refractivity contribution >= 4 is 27.3 Å². The minimum atomic E-state index is -3.51. The summed E-state index contributed by atoms with van der Waals surface area (Å²) in [5, 5.41) is 2.92. The van der Waals surface area contributed by atoms with Gasteiger partial charge in [-0.15, -0.1) is 0 Å². The number of benzene rings is 2. The first kappa shape index (κ1) is 23.2. The molecule has 0 radical (unpaired) electrons. The fraction of sp³-hybridized carbons (Fsp3) is 0.458. The van der Waals surface area contributed by atoms with Crippen LogP contribution < -0.4 is 24.0 Å². The van der Waals surface area contributed by atoms with Crippen LogP contribution in [0.2, 0.25) is 0 Å². The van der Waals surface area contributed by atoms with Crippen molar-refractivity contribution in [3.05, 3.63) is 48.0 Å². The van der Waals surface area contributed by atoms with E-state index in [1.165, 1.54) is 22.8 Å². The monoisotopic (exact) mass is 473 g/mol. The topological polar surface area (TPSA) is 88.2 Å². The Morgan fingerprint density at radius 1 is 1.03 bits per heavy atom. The number of anilines is 2. The molecule has 0 aromatic heterocycles. The van der Waals surface area contributed by atoms with Crippen LogP contribution in [0.25, 0.3) is 0 Å². The van der Waals surface area contributed by atoms with Crippen molar-refractivity contribution in [2.75, 3.05) is 48.3 Å². The molecule has 0 aliphatic carbocycles. The second kappa shape index (κ2) is 10.3. The van der Waals surface area contributed by atoms with Gasteiger partial charge in [0.15, 0.2) is 11.5 Å². The first-order valence-corrected chi connectivity index (χ1v) is 13.2. The van der Waals surface area contributed by atoms with Crippen LogP contribution in [0.5, 0.6) is 11.5 Å². The number of ether oxygens (including phenoxy) is 2. The van der Waals surface area contributed by atoms with Crippen molar-refractivity contribution in [2.45, 2.75) is 32.2 Å². The molecule has 2 heterocycles. The van der Waals surface area contributed by atoms with Crippen LogP contribution in [-0.4, -0.2) is 53.4 Å². The van der Waals surface area contributed by atoms with Gasteiger partial charge in [0.25, 0.3) is 0 Å². The third-order valence-corrected chi connectivity index (χ3v) is 7.07. The van der Waals surface area contributed by atoms with Crippen molar-refractivity contribution in [3.63, 3.8) is 0 Å². The number of nitrogens with zero attached hydrogens (tertiary/aromatic N) is 2. The molecular formula is C24H31N3O5S. The van der Waals surface area contributed by atoms with Crippen molar-refractivity contribution < 1.29 is 22.7 Å². The number of hydrogen-bond donors (Lipinski definition) is 1. The summed E-state index contributed by atoms with van der Waals surface area (Å²) in [6.07, 6.45) is 4.28. The molecular weight excluding hydrogens is 442 g/mol. The summed E-state index contributed by atoms with van der Waals surface area (Å²) in [7, 11) is -3.51. The van der Waals surface area contributed by atoms with E-state index < -0.39 is 10.0 Å². The molecule has 2 aliphatic rings. The fourth-order valence-corrected chi connectivity index (χ4v) is 5.10. The van der Waals surface area contributed by atoms with Crippen LogP contribution in [0.15, 0.2) is 42.5 Å². The normalized spacial score (nSPS) is 15.4. The first-order valence-electron chi connectivity index (χ1n) is 11.4. The molecule has 178 valence electrons. The van der Waals surface area contributed by atoms with Crippen molar-refractivity contribution in [3.8, 4) is 11.5 Å². The number of amides is 1. The quantitative estimate of drug-likeness (QED) is 0.603. The Hall–Kier alpha value is -2.94. The van der Waals surface area contributed by atoms with Gasteiger partial charge in [-0.3, -0.25) is 9.10 Å². The van der Waals surface area contributed by atoms with Gasteiger partial charge in [0, 0.05) is 44.4 Å². The molecule has 0 saturated carbocycles. The average molecular weight is 474 g/mol. The highest BCUT2D eigenvalue weighted by Crippen LogP contribution is 2.34. The second-order valence-corrected chi connectivity index (χ2v) is 10.3. The summed E-state index contributed by atoms with van der Waals surface area (Å²) < 4.78 is 37.1. The van der Waals surface area contributed by atoms with Gasteiger partial charge in [-0.05, 0) is 49.1 Å². The summed E-state index contributed by atoms with van der Waals surface area (Å²) in [5.74, 6) is 1.03. The highest BCUT2D eigenvalue weighted by molar-refractivity contribution is 7.92. The smallest absolute Gasteiger partial charge is 0.232 e. The number of hydrogen-bond acceptors (Lipinski definition) is 6. The van der Waals surface area contributed by atoms with Crippen molar-refractivity contribution in [1.29, 1.82) is 0 Å². The Balaban J connectivity index is 1.27. The summed E-state index contributed by atoms with van der Waals surface area (Å²) >= 11 is 0. The average Bonchev–Trinajstić information content (AvgIpc) is 3.35. The molecule has 8 nitrogen and oxygen atoms in total. The molecule has 33 heavy (non-hydrogen) atoms. The lowest BCUT2D eigenvalue weighted by Gasteiger charge is -2.25. The maximum absolute atomic E-state index is 12.4. The zero-order chi connectivity index (χ0) is 23.3. The van der Waals surface area contributed by atoms with E-state index in [9.17, 15) is 13.2 Å². The summed E-state index contributed by atoms with van der Waals surface area (Å²) in [5.41, 5.74) is 2.77. The van der Waals surface area contributed by atoms with E-state index >= 15 is 0 Å². The van der Waals surface area contributed by atoms with Gasteiger partial charge in [0.1, 0.15) is 13.2 Å². The first-order chi connectivity index (χ1) is 15.9. The fourth-order valence-electron chi connectivity index (χ4n) is 4.15. The van der Waals surface area contributed by atoms with Gasteiger partial charge in [0.2, 0.25) is 15.9 Å². The van der Waals surface area contributed by atoms with Crippen LogP contribution in [0.3, 0.4) is 0 Å². The Morgan fingerprint density at radius 3 is 2.42 bits per heavy atom. The van der Waals surface area contributed by atoms with Gasteiger partial charge in [-0.1, -0.05) is 12.1 Å². The molecule has 0 bridgehead atoms. The molecule has 4 rings (SSSR count). The molecule has 1 N–H and O–H groups in total. The van der Waals surface area contributed by atoms with Gasteiger partial charge in [-0.25, -0.2) is 8.42 Å². The lowest BCUT2D eigenvalue weighted by atomic mass is 10.2. The summed E-state index contributed by atoms with van der Waals surface area (Å²) in [4.78, 5) is 14.7. The third kappa shape index (κ3) is 6.10. The Morgan fingerprint density at radius 2 is 1.73 bits per heavy atom. The standard InChI is InChI=1S/C24H31N3O5S/c1-33(29,30)27(21-10-11-22-23(17-21)32-16-15-31-22)14-4-5-24(28)25-18-19-6-8-20(9-7-19)26-12-2-3-13-26/h6-11,17H,2-5,12-16,18H2,1H3,(H,25,28). The lowest BCUT2D eigenvalue weighted by molar-refractivity contribution is -0.121. The maximum atomic E-state index is 12.4. The number of sulfonamides is 1.